The minimum Gasteiger partial charge on any atom is -0.444 e. The highest BCUT2D eigenvalue weighted by Gasteiger charge is 2.31. The van der Waals surface area contributed by atoms with E-state index >= 15 is 0 Å². The Morgan fingerprint density at radius 3 is 2.47 bits per heavy atom. The van der Waals surface area contributed by atoms with Gasteiger partial charge in [-0.15, -0.1) is 0 Å². The van der Waals surface area contributed by atoms with Gasteiger partial charge in [0.15, 0.2) is 0 Å². The molecule has 1 fully saturated rings. The molecule has 19 heavy (non-hydrogen) atoms. The minimum absolute atomic E-state index is 0.0160. The van der Waals surface area contributed by atoms with Crippen LogP contribution in [0.2, 0.25) is 0 Å². The number of nitrogens with one attached hydrogen (secondary N) is 1. The van der Waals surface area contributed by atoms with Crippen LogP contribution in [0.25, 0.3) is 0 Å². The van der Waals surface area contributed by atoms with Gasteiger partial charge in [-0.05, 0) is 33.6 Å². The number of rotatable bonds is 4. The summed E-state index contributed by atoms with van der Waals surface area (Å²) in [5.74, 6) is 0.0160. The van der Waals surface area contributed by atoms with Gasteiger partial charge in [0.2, 0.25) is 0 Å². The topological polar surface area (TPSA) is 81.7 Å². The van der Waals surface area contributed by atoms with Crippen molar-refractivity contribution in [3.63, 3.8) is 0 Å². The average molecular weight is 293 g/mol. The molecule has 1 aliphatic rings. The number of hydrogen-bond donors (Lipinski definition) is 1. The number of amides is 1. The summed E-state index contributed by atoms with van der Waals surface area (Å²) in [5, 5.41) is 2.79. The first-order valence-corrected chi connectivity index (χ1v) is 8.22. The van der Waals surface area contributed by atoms with Crippen LogP contribution in [0.4, 0.5) is 4.79 Å². The van der Waals surface area contributed by atoms with E-state index in [1.54, 1.807) is 20.8 Å². The third kappa shape index (κ3) is 6.77. The number of ether oxygens (including phenoxy) is 1. The number of carbonyl (C=O) groups is 1. The first kappa shape index (κ1) is 16.2. The quantitative estimate of drug-likeness (QED) is 0.797. The fraction of sp³-hybridized carbons (Fsp3) is 0.917. The summed E-state index contributed by atoms with van der Waals surface area (Å²) in [6.07, 6.45) is 3.16. The first-order valence-electron chi connectivity index (χ1n) is 6.41. The van der Waals surface area contributed by atoms with Gasteiger partial charge in [-0.25, -0.2) is 4.79 Å². The van der Waals surface area contributed by atoms with Crippen LogP contribution in [0, 0.1) is 5.92 Å². The molecule has 0 heterocycles. The lowest BCUT2D eigenvalue weighted by atomic mass is 10.1. The van der Waals surface area contributed by atoms with Gasteiger partial charge in [-0.2, -0.15) is 8.42 Å². The highest BCUT2D eigenvalue weighted by molar-refractivity contribution is 7.85. The van der Waals surface area contributed by atoms with Gasteiger partial charge in [0.1, 0.15) is 5.60 Å². The van der Waals surface area contributed by atoms with Crippen LogP contribution >= 0.6 is 0 Å². The van der Waals surface area contributed by atoms with Crippen LogP contribution in [0.3, 0.4) is 0 Å². The normalized spacial score (nSPS) is 24.2. The van der Waals surface area contributed by atoms with Gasteiger partial charge in [-0.1, -0.05) is 6.42 Å². The van der Waals surface area contributed by atoms with Crippen LogP contribution in [0.15, 0.2) is 0 Å². The van der Waals surface area contributed by atoms with Crippen LogP contribution < -0.4 is 5.32 Å². The lowest BCUT2D eigenvalue weighted by Gasteiger charge is -2.24. The molecule has 0 spiro atoms. The molecule has 1 rings (SSSR count). The second-order valence-electron chi connectivity index (χ2n) is 5.93. The summed E-state index contributed by atoms with van der Waals surface area (Å²) in [6, 6.07) is -0.0865. The Kier molecular flexibility index (Phi) is 5.20. The molecule has 112 valence electrons. The van der Waals surface area contributed by atoms with E-state index in [9.17, 15) is 13.2 Å². The SMILES string of the molecule is CC(C)(C)OC(=O)N[C@H]1CCC[C@@H]1COS(C)(=O)=O. The Bertz CT molecular complexity index is 412. The molecule has 1 N–H and O–H groups in total. The fourth-order valence-corrected chi connectivity index (χ4v) is 2.52. The zero-order valence-corrected chi connectivity index (χ0v) is 12.7. The number of hydrogen-bond acceptors (Lipinski definition) is 5. The van der Waals surface area contributed by atoms with E-state index in [4.69, 9.17) is 8.92 Å². The maximum absolute atomic E-state index is 11.7. The molecule has 0 saturated heterocycles. The predicted molar refractivity (Wildman–Crippen MR) is 71.3 cm³/mol. The monoisotopic (exact) mass is 293 g/mol. The summed E-state index contributed by atoms with van der Waals surface area (Å²) in [4.78, 5) is 11.7. The highest BCUT2D eigenvalue weighted by atomic mass is 32.2. The Balaban J connectivity index is 2.46. The molecule has 0 bridgehead atoms. The van der Waals surface area contributed by atoms with E-state index in [-0.39, 0.29) is 18.6 Å². The molecule has 1 aliphatic carbocycles. The second kappa shape index (κ2) is 6.09. The van der Waals surface area contributed by atoms with E-state index in [1.165, 1.54) is 0 Å². The molecule has 0 aromatic heterocycles. The molecule has 0 aliphatic heterocycles. The van der Waals surface area contributed by atoms with Crippen molar-refractivity contribution in [3.8, 4) is 0 Å². The third-order valence-electron chi connectivity index (χ3n) is 2.86. The van der Waals surface area contributed by atoms with Crippen LogP contribution in [-0.2, 0) is 19.0 Å². The fourth-order valence-electron chi connectivity index (χ4n) is 2.10. The molecule has 0 aromatic rings. The van der Waals surface area contributed by atoms with Crippen molar-refractivity contribution in [3.05, 3.63) is 0 Å². The Morgan fingerprint density at radius 1 is 1.32 bits per heavy atom. The van der Waals surface area contributed by atoms with Gasteiger partial charge >= 0.3 is 6.09 Å². The zero-order chi connectivity index (χ0) is 14.7. The molecule has 0 radical (unpaired) electrons. The Hall–Kier alpha value is -0.820. The minimum atomic E-state index is -3.44. The van der Waals surface area contributed by atoms with Gasteiger partial charge in [0.25, 0.3) is 10.1 Å². The Labute approximate surface area is 115 Å². The maximum Gasteiger partial charge on any atom is 0.407 e. The molecular weight excluding hydrogens is 270 g/mol. The summed E-state index contributed by atoms with van der Waals surface area (Å²) in [7, 11) is -3.44. The summed E-state index contributed by atoms with van der Waals surface area (Å²) in [5.41, 5.74) is -0.540. The van der Waals surface area contributed by atoms with Gasteiger partial charge in [0, 0.05) is 12.0 Å². The van der Waals surface area contributed by atoms with Gasteiger partial charge in [-0.3, -0.25) is 4.18 Å². The standard InChI is InChI=1S/C12H23NO5S/c1-12(2,3)18-11(14)13-10-7-5-6-9(10)8-17-19(4,15)16/h9-10H,5-8H2,1-4H3,(H,13,14)/t9-,10+/m1/s1. The number of carbonyl (C=O) groups excluding carboxylic acids is 1. The van der Waals surface area contributed by atoms with E-state index in [0.29, 0.717) is 0 Å². The highest BCUT2D eigenvalue weighted by Crippen LogP contribution is 2.26. The maximum atomic E-state index is 11.7. The summed E-state index contributed by atoms with van der Waals surface area (Å²) >= 11 is 0. The van der Waals surface area contributed by atoms with Crippen molar-refractivity contribution in [2.24, 2.45) is 5.92 Å². The number of alkyl carbamates (subject to hydrolysis) is 1. The molecule has 0 unspecified atom stereocenters. The second-order valence-corrected chi connectivity index (χ2v) is 7.58. The van der Waals surface area contributed by atoms with Crippen LogP contribution in [-0.4, -0.2) is 39.0 Å². The van der Waals surface area contributed by atoms with E-state index in [0.717, 1.165) is 25.5 Å². The van der Waals surface area contributed by atoms with E-state index in [1.807, 2.05) is 0 Å². The van der Waals surface area contributed by atoms with E-state index in [2.05, 4.69) is 5.32 Å². The molecule has 2 atom stereocenters. The van der Waals surface area contributed by atoms with Crippen molar-refractivity contribution in [2.75, 3.05) is 12.9 Å². The van der Waals surface area contributed by atoms with Crippen LogP contribution in [0.5, 0.6) is 0 Å². The molecule has 1 saturated carbocycles. The van der Waals surface area contributed by atoms with Crippen molar-refractivity contribution in [1.82, 2.24) is 5.32 Å². The summed E-state index contributed by atoms with van der Waals surface area (Å²) < 4.78 is 31.9. The summed E-state index contributed by atoms with van der Waals surface area (Å²) in [6.45, 7) is 5.50. The Morgan fingerprint density at radius 2 is 1.95 bits per heavy atom. The zero-order valence-electron chi connectivity index (χ0n) is 11.9. The lowest BCUT2D eigenvalue weighted by molar-refractivity contribution is 0.0486. The van der Waals surface area contributed by atoms with E-state index < -0.39 is 21.8 Å². The molecule has 7 heteroatoms. The lowest BCUT2D eigenvalue weighted by Crippen LogP contribution is -2.42. The van der Waals surface area contributed by atoms with Gasteiger partial charge < -0.3 is 10.1 Å². The predicted octanol–water partition coefficient (Wildman–Crippen LogP) is 1.66. The largest absolute Gasteiger partial charge is 0.444 e. The molecule has 1 amide bonds. The smallest absolute Gasteiger partial charge is 0.407 e. The molecular formula is C12H23NO5S. The molecule has 6 nitrogen and oxygen atoms in total. The van der Waals surface area contributed by atoms with Crippen molar-refractivity contribution < 1.29 is 22.1 Å². The van der Waals surface area contributed by atoms with Crippen molar-refractivity contribution in [1.29, 1.82) is 0 Å². The third-order valence-corrected chi connectivity index (χ3v) is 3.42. The first-order chi connectivity index (χ1) is 8.57. The van der Waals surface area contributed by atoms with Crippen molar-refractivity contribution >= 4 is 16.2 Å². The van der Waals surface area contributed by atoms with Crippen molar-refractivity contribution in [2.45, 2.75) is 51.7 Å². The average Bonchev–Trinajstić information content (AvgIpc) is 2.57. The molecule has 0 aromatic carbocycles. The van der Waals surface area contributed by atoms with Gasteiger partial charge in [0.05, 0.1) is 12.9 Å². The van der Waals surface area contributed by atoms with Crippen LogP contribution in [0.1, 0.15) is 40.0 Å².